The van der Waals surface area contributed by atoms with Crippen molar-refractivity contribution in [3.05, 3.63) is 60.2 Å². The highest BCUT2D eigenvalue weighted by molar-refractivity contribution is 6.05. The van der Waals surface area contributed by atoms with E-state index in [1.165, 1.54) is 17.0 Å². The number of carbonyl (C=O) groups excluding carboxylic acids is 1. The first-order valence-corrected chi connectivity index (χ1v) is 7.82. The van der Waals surface area contributed by atoms with Gasteiger partial charge in [0, 0.05) is 18.7 Å². The molecule has 4 nitrogen and oxygen atoms in total. The molecule has 0 spiro atoms. The quantitative estimate of drug-likeness (QED) is 0.810. The third kappa shape index (κ3) is 4.17. The van der Waals surface area contributed by atoms with Crippen LogP contribution in [-0.2, 0) is 6.18 Å². The summed E-state index contributed by atoms with van der Waals surface area (Å²) in [4.78, 5) is 18.4. The highest BCUT2D eigenvalue weighted by Gasteiger charge is 2.31. The largest absolute Gasteiger partial charge is 0.416 e. The highest BCUT2D eigenvalue weighted by Crippen LogP contribution is 2.30. The van der Waals surface area contributed by atoms with Crippen LogP contribution in [0.25, 0.3) is 0 Å². The maximum absolute atomic E-state index is 12.8. The lowest BCUT2D eigenvalue weighted by molar-refractivity contribution is -0.137. The van der Waals surface area contributed by atoms with Crippen molar-refractivity contribution in [1.82, 2.24) is 4.90 Å². The van der Waals surface area contributed by atoms with Crippen LogP contribution < -0.4 is 5.32 Å². The molecular weight excluding hydrogens is 331 g/mol. The first-order chi connectivity index (χ1) is 11.9. The minimum Gasteiger partial charge on any atom is -0.307 e. The van der Waals surface area contributed by atoms with Gasteiger partial charge in [-0.1, -0.05) is 24.3 Å². The van der Waals surface area contributed by atoms with Crippen LogP contribution in [0.3, 0.4) is 0 Å². The number of amides is 2. The Morgan fingerprint density at radius 1 is 1.08 bits per heavy atom. The average molecular weight is 347 g/mol. The molecule has 0 radical (unpaired) electrons. The number of nitrogens with zero attached hydrogens (tertiary/aromatic N) is 2. The van der Waals surface area contributed by atoms with Crippen LogP contribution in [0.15, 0.2) is 59.6 Å². The number of aliphatic imine (C=N–C) groups is 1. The van der Waals surface area contributed by atoms with Crippen molar-refractivity contribution in [3.8, 4) is 0 Å². The van der Waals surface area contributed by atoms with E-state index in [9.17, 15) is 18.0 Å². The number of urea groups is 1. The minimum atomic E-state index is -4.45. The molecule has 1 aliphatic rings. The number of hydrogen-bond acceptors (Lipinski definition) is 2. The fraction of sp³-hybridized carbons (Fsp3) is 0.222. The third-order valence-corrected chi connectivity index (χ3v) is 3.79. The van der Waals surface area contributed by atoms with Gasteiger partial charge in [-0.05, 0) is 36.8 Å². The zero-order valence-electron chi connectivity index (χ0n) is 13.3. The minimum absolute atomic E-state index is 0.103. The number of anilines is 1. The molecule has 3 rings (SSSR count). The van der Waals surface area contributed by atoms with Crippen LogP contribution in [0.5, 0.6) is 0 Å². The highest BCUT2D eigenvalue weighted by atomic mass is 19.4. The van der Waals surface area contributed by atoms with E-state index in [2.05, 4.69) is 10.3 Å². The number of likely N-dealkylation sites (tertiary alicyclic amines) is 1. The number of para-hydroxylation sites is 1. The third-order valence-electron chi connectivity index (χ3n) is 3.79. The molecule has 0 atom stereocenters. The van der Waals surface area contributed by atoms with Crippen molar-refractivity contribution < 1.29 is 18.0 Å². The molecule has 2 amide bonds. The van der Waals surface area contributed by atoms with Crippen molar-refractivity contribution in [1.29, 1.82) is 0 Å². The SMILES string of the molecule is O=C(Nc1cccc(C(F)(F)F)c1)N1CCCC1=Nc1ccccc1. The zero-order chi connectivity index (χ0) is 17.9. The number of nitrogens with one attached hydrogen (secondary N) is 1. The van der Waals surface area contributed by atoms with Gasteiger partial charge in [-0.3, -0.25) is 4.90 Å². The monoisotopic (exact) mass is 347 g/mol. The van der Waals surface area contributed by atoms with E-state index in [0.717, 1.165) is 24.2 Å². The second-order valence-electron chi connectivity index (χ2n) is 5.63. The van der Waals surface area contributed by atoms with Crippen molar-refractivity contribution in [3.63, 3.8) is 0 Å². The summed E-state index contributed by atoms with van der Waals surface area (Å²) in [6, 6.07) is 13.3. The molecule has 1 fully saturated rings. The Bertz CT molecular complexity index is 788. The lowest BCUT2D eigenvalue weighted by Crippen LogP contribution is -2.35. The maximum atomic E-state index is 12.8. The van der Waals surface area contributed by atoms with Crippen LogP contribution in [0.2, 0.25) is 0 Å². The number of benzene rings is 2. The summed E-state index contributed by atoms with van der Waals surface area (Å²) in [5.41, 5.74) is 0.0342. The molecule has 1 aliphatic heterocycles. The van der Waals surface area contributed by atoms with E-state index in [-0.39, 0.29) is 5.69 Å². The van der Waals surface area contributed by atoms with E-state index in [4.69, 9.17) is 0 Å². The standard InChI is InChI=1S/C18H16F3N3O/c19-18(20,21)13-6-4-9-15(12-13)23-17(25)24-11-5-10-16(24)22-14-7-2-1-3-8-14/h1-4,6-9,12H,5,10-11H2,(H,23,25). The van der Waals surface area contributed by atoms with Crippen LogP contribution in [0.1, 0.15) is 18.4 Å². The van der Waals surface area contributed by atoms with Gasteiger partial charge < -0.3 is 5.32 Å². The topological polar surface area (TPSA) is 44.7 Å². The molecule has 0 saturated carbocycles. The Kier molecular flexibility index (Phi) is 4.74. The van der Waals surface area contributed by atoms with Gasteiger partial charge >= 0.3 is 12.2 Å². The number of alkyl halides is 3. The smallest absolute Gasteiger partial charge is 0.307 e. The van der Waals surface area contributed by atoms with E-state index < -0.39 is 17.8 Å². The first kappa shape index (κ1) is 17.0. The molecule has 0 bridgehead atoms. The molecule has 7 heteroatoms. The summed E-state index contributed by atoms with van der Waals surface area (Å²) in [5, 5.41) is 2.52. The summed E-state index contributed by atoms with van der Waals surface area (Å²) >= 11 is 0. The summed E-state index contributed by atoms with van der Waals surface area (Å²) in [5.74, 6) is 0.607. The summed E-state index contributed by atoms with van der Waals surface area (Å²) in [6.07, 6.45) is -3.04. The number of rotatable bonds is 2. The molecule has 1 saturated heterocycles. The van der Waals surface area contributed by atoms with Crippen molar-refractivity contribution in [2.75, 3.05) is 11.9 Å². The fourth-order valence-electron chi connectivity index (χ4n) is 2.61. The molecule has 0 aliphatic carbocycles. The summed E-state index contributed by atoms with van der Waals surface area (Å²) < 4.78 is 38.3. The van der Waals surface area contributed by atoms with Crippen molar-refractivity contribution >= 4 is 23.2 Å². The van der Waals surface area contributed by atoms with Crippen LogP contribution in [0, 0.1) is 0 Å². The van der Waals surface area contributed by atoms with Gasteiger partial charge in [-0.25, -0.2) is 9.79 Å². The number of carbonyl (C=O) groups is 1. The van der Waals surface area contributed by atoms with E-state index >= 15 is 0 Å². The first-order valence-electron chi connectivity index (χ1n) is 7.82. The molecule has 2 aromatic rings. The Balaban J connectivity index is 1.76. The molecule has 0 aromatic heterocycles. The lowest BCUT2D eigenvalue weighted by atomic mass is 10.2. The lowest BCUT2D eigenvalue weighted by Gasteiger charge is -2.18. The van der Waals surface area contributed by atoms with Gasteiger partial charge in [0.25, 0.3) is 0 Å². The molecule has 25 heavy (non-hydrogen) atoms. The van der Waals surface area contributed by atoms with Gasteiger partial charge in [-0.15, -0.1) is 0 Å². The van der Waals surface area contributed by atoms with Gasteiger partial charge in [0.1, 0.15) is 5.84 Å². The molecule has 1 heterocycles. The van der Waals surface area contributed by atoms with Crippen molar-refractivity contribution in [2.24, 2.45) is 4.99 Å². The predicted octanol–water partition coefficient (Wildman–Crippen LogP) is 5.06. The summed E-state index contributed by atoms with van der Waals surface area (Å²) in [6.45, 7) is 0.483. The molecule has 0 unspecified atom stereocenters. The molecule has 2 aromatic carbocycles. The number of halogens is 3. The zero-order valence-corrected chi connectivity index (χ0v) is 13.3. The van der Waals surface area contributed by atoms with Gasteiger partial charge in [0.15, 0.2) is 0 Å². The van der Waals surface area contributed by atoms with E-state index in [0.29, 0.717) is 18.8 Å². The molecular formula is C18H16F3N3O. The Hall–Kier alpha value is -2.83. The Morgan fingerprint density at radius 3 is 2.56 bits per heavy atom. The molecule has 130 valence electrons. The normalized spacial score (nSPS) is 16.3. The van der Waals surface area contributed by atoms with Gasteiger partial charge in [0.05, 0.1) is 11.3 Å². The van der Waals surface area contributed by atoms with Crippen molar-refractivity contribution in [2.45, 2.75) is 19.0 Å². The number of hydrogen-bond donors (Lipinski definition) is 1. The van der Waals surface area contributed by atoms with Crippen LogP contribution >= 0.6 is 0 Å². The number of amidine groups is 1. The van der Waals surface area contributed by atoms with Crippen LogP contribution in [0.4, 0.5) is 29.3 Å². The van der Waals surface area contributed by atoms with E-state index in [1.54, 1.807) is 0 Å². The summed E-state index contributed by atoms with van der Waals surface area (Å²) in [7, 11) is 0. The maximum Gasteiger partial charge on any atom is 0.416 e. The molecule has 1 N–H and O–H groups in total. The second kappa shape index (κ2) is 6.96. The fourth-order valence-corrected chi connectivity index (χ4v) is 2.61. The Morgan fingerprint density at radius 2 is 1.84 bits per heavy atom. The average Bonchev–Trinajstić information content (AvgIpc) is 3.03. The van der Waals surface area contributed by atoms with Gasteiger partial charge in [0.2, 0.25) is 0 Å². The van der Waals surface area contributed by atoms with Gasteiger partial charge in [-0.2, -0.15) is 13.2 Å². The second-order valence-corrected chi connectivity index (χ2v) is 5.63. The van der Waals surface area contributed by atoms with Crippen LogP contribution in [-0.4, -0.2) is 23.3 Å². The predicted molar refractivity (Wildman–Crippen MR) is 89.9 cm³/mol. The Labute approximate surface area is 143 Å². The van der Waals surface area contributed by atoms with E-state index in [1.807, 2.05) is 30.3 Å².